The largest absolute Gasteiger partial charge is 0.393 e. The van der Waals surface area contributed by atoms with Gasteiger partial charge in [-0.3, -0.25) is 0 Å². The predicted molar refractivity (Wildman–Crippen MR) is 129 cm³/mol. The predicted octanol–water partition coefficient (Wildman–Crippen LogP) is 5.86. The molecule has 0 aromatic heterocycles. The van der Waals surface area contributed by atoms with Crippen LogP contribution in [0.15, 0.2) is 11.6 Å². The van der Waals surface area contributed by atoms with Gasteiger partial charge in [-0.2, -0.15) is 0 Å². The van der Waals surface area contributed by atoms with Gasteiger partial charge in [-0.05, 0) is 116 Å². The summed E-state index contributed by atoms with van der Waals surface area (Å²) in [5, 5.41) is 32.8. The highest BCUT2D eigenvalue weighted by Gasteiger charge is 2.63. The molecule has 5 aliphatic carbocycles. The average molecular weight is 445 g/mol. The molecule has 0 spiro atoms. The van der Waals surface area contributed by atoms with Crippen molar-refractivity contribution in [1.29, 1.82) is 0 Å². The molecular formula is C29H48O3. The van der Waals surface area contributed by atoms with Crippen molar-refractivity contribution in [3.8, 4) is 0 Å². The van der Waals surface area contributed by atoms with Crippen LogP contribution in [0.4, 0.5) is 0 Å². The molecule has 182 valence electrons. The maximum atomic E-state index is 11.3. The monoisotopic (exact) mass is 444 g/mol. The van der Waals surface area contributed by atoms with E-state index in [4.69, 9.17) is 0 Å². The molecule has 0 aromatic rings. The molecule has 0 heterocycles. The molecule has 5 rings (SSSR count). The van der Waals surface area contributed by atoms with E-state index in [0.29, 0.717) is 17.8 Å². The van der Waals surface area contributed by atoms with Gasteiger partial charge >= 0.3 is 0 Å². The lowest BCUT2D eigenvalue weighted by atomic mass is 9.44. The van der Waals surface area contributed by atoms with Crippen molar-refractivity contribution in [3.63, 3.8) is 0 Å². The van der Waals surface area contributed by atoms with Crippen LogP contribution in [0.25, 0.3) is 0 Å². The van der Waals surface area contributed by atoms with Crippen molar-refractivity contribution in [1.82, 2.24) is 0 Å². The Hall–Kier alpha value is -0.380. The molecule has 0 aromatic carbocycles. The smallest absolute Gasteiger partial charge is 0.0910 e. The summed E-state index contributed by atoms with van der Waals surface area (Å²) in [5.41, 5.74) is 1.40. The van der Waals surface area contributed by atoms with Crippen molar-refractivity contribution in [3.05, 3.63) is 11.6 Å². The summed E-state index contributed by atoms with van der Waals surface area (Å²) in [5.74, 6) is 1.98. The molecule has 4 fully saturated rings. The maximum Gasteiger partial charge on any atom is 0.0910 e. The van der Waals surface area contributed by atoms with Crippen LogP contribution in [-0.4, -0.2) is 33.1 Å². The topological polar surface area (TPSA) is 60.7 Å². The third-order valence-corrected chi connectivity index (χ3v) is 12.5. The van der Waals surface area contributed by atoms with Gasteiger partial charge < -0.3 is 15.3 Å². The van der Waals surface area contributed by atoms with Crippen molar-refractivity contribution in [2.75, 3.05) is 0 Å². The molecule has 0 saturated heterocycles. The highest BCUT2D eigenvalue weighted by Crippen LogP contribution is 2.69. The van der Waals surface area contributed by atoms with Gasteiger partial charge in [0.15, 0.2) is 0 Å². The van der Waals surface area contributed by atoms with Crippen LogP contribution in [0.5, 0.6) is 0 Å². The summed E-state index contributed by atoms with van der Waals surface area (Å²) in [6.07, 6.45) is 12.7. The van der Waals surface area contributed by atoms with E-state index in [1.807, 2.05) is 6.92 Å². The molecule has 3 N–H and O–H groups in total. The zero-order valence-electron chi connectivity index (χ0n) is 21.5. The van der Waals surface area contributed by atoms with Gasteiger partial charge in [0, 0.05) is 0 Å². The van der Waals surface area contributed by atoms with Crippen LogP contribution in [0.1, 0.15) is 106 Å². The maximum absolute atomic E-state index is 11.3. The number of aliphatic hydroxyl groups is 3. The Balaban J connectivity index is 1.50. The van der Waals surface area contributed by atoms with E-state index in [1.165, 1.54) is 19.3 Å². The molecule has 0 amide bonds. The molecule has 0 bridgehead atoms. The van der Waals surface area contributed by atoms with Crippen LogP contribution < -0.4 is 0 Å². The minimum Gasteiger partial charge on any atom is -0.393 e. The lowest BCUT2D eigenvalue weighted by molar-refractivity contribution is -0.214. The first-order valence-corrected chi connectivity index (χ1v) is 13.5. The second-order valence-electron chi connectivity index (χ2n) is 14.3. The van der Waals surface area contributed by atoms with E-state index in [9.17, 15) is 15.3 Å². The number of rotatable bonds is 0. The molecule has 3 nitrogen and oxygen atoms in total. The zero-order valence-corrected chi connectivity index (χ0v) is 21.5. The second-order valence-corrected chi connectivity index (χ2v) is 14.3. The summed E-state index contributed by atoms with van der Waals surface area (Å²) in [4.78, 5) is 0. The van der Waals surface area contributed by atoms with Crippen molar-refractivity contribution in [2.45, 2.75) is 124 Å². The van der Waals surface area contributed by atoms with Gasteiger partial charge in [0.05, 0.1) is 17.8 Å². The fourth-order valence-corrected chi connectivity index (χ4v) is 10.6. The molecule has 5 aliphatic rings. The first-order valence-electron chi connectivity index (χ1n) is 13.5. The van der Waals surface area contributed by atoms with Crippen molar-refractivity contribution < 1.29 is 15.3 Å². The van der Waals surface area contributed by atoms with Gasteiger partial charge in [0.1, 0.15) is 0 Å². The lowest BCUT2D eigenvalue weighted by Gasteiger charge is -2.62. The van der Waals surface area contributed by atoms with E-state index >= 15 is 0 Å². The van der Waals surface area contributed by atoms with Gasteiger partial charge in [0.2, 0.25) is 0 Å². The van der Waals surface area contributed by atoms with Gasteiger partial charge in [-0.1, -0.05) is 46.3 Å². The third kappa shape index (κ3) is 2.95. The Bertz CT molecular complexity index is 798. The second kappa shape index (κ2) is 7.08. The number of allylic oxidation sites excluding steroid dienone is 2. The van der Waals surface area contributed by atoms with Crippen LogP contribution in [0.2, 0.25) is 0 Å². The molecule has 0 aliphatic heterocycles. The fraction of sp³-hybridized carbons (Fsp3) is 0.931. The van der Waals surface area contributed by atoms with E-state index < -0.39 is 11.7 Å². The summed E-state index contributed by atoms with van der Waals surface area (Å²) in [7, 11) is 0. The molecule has 0 radical (unpaired) electrons. The zero-order chi connectivity index (χ0) is 23.3. The van der Waals surface area contributed by atoms with E-state index in [2.05, 4.69) is 40.7 Å². The lowest BCUT2D eigenvalue weighted by Crippen LogP contribution is -2.62. The molecule has 0 unspecified atom stereocenters. The quantitative estimate of drug-likeness (QED) is 0.410. The van der Waals surface area contributed by atoms with Crippen LogP contribution in [0.3, 0.4) is 0 Å². The average Bonchev–Trinajstić information content (AvgIpc) is 2.86. The van der Waals surface area contributed by atoms with E-state index in [-0.39, 0.29) is 33.7 Å². The highest BCUT2D eigenvalue weighted by molar-refractivity contribution is 5.25. The van der Waals surface area contributed by atoms with E-state index in [0.717, 1.165) is 44.9 Å². The minimum absolute atomic E-state index is 0.0206. The van der Waals surface area contributed by atoms with E-state index in [1.54, 1.807) is 5.57 Å². The summed E-state index contributed by atoms with van der Waals surface area (Å²) >= 11 is 0. The van der Waals surface area contributed by atoms with Gasteiger partial charge in [0.25, 0.3) is 0 Å². The number of fused-ring (bicyclic) bond motifs is 6. The Kier molecular flexibility index (Phi) is 5.17. The van der Waals surface area contributed by atoms with Crippen molar-refractivity contribution >= 4 is 0 Å². The Labute approximate surface area is 196 Å². The standard InChI is InChI=1S/C29H48O3/c1-25(2)20-9-7-18-17-26(3)14-11-22-28(5,16-13-24(31)29(22,6)32)21(26)10-8-19(18)27(20,4)15-12-23(25)30/h7,19-24,30-32H,8-17H2,1-6H3/t19-,20-,21-,22+,23+,24+,26-,27+,28+,29+/m0/s1. The summed E-state index contributed by atoms with van der Waals surface area (Å²) < 4.78 is 0. The first kappa shape index (κ1) is 23.4. The van der Waals surface area contributed by atoms with Gasteiger partial charge in [-0.25, -0.2) is 0 Å². The Morgan fingerprint density at radius 3 is 2.09 bits per heavy atom. The molecule has 32 heavy (non-hydrogen) atoms. The number of hydrogen-bond acceptors (Lipinski definition) is 3. The SMILES string of the molecule is CC1(C)[C@H](O)CC[C@]2(C)[C@H]3CC[C@H]4[C@@](C)(CC[C@H]5[C@@](C)(O)[C@H](O)CC[C@]45C)CC3=CC[C@@H]12. The minimum atomic E-state index is -0.965. The summed E-state index contributed by atoms with van der Waals surface area (Å²) in [6, 6.07) is 0. The number of hydrogen-bond donors (Lipinski definition) is 3. The fourth-order valence-electron chi connectivity index (χ4n) is 10.6. The molecule has 4 saturated carbocycles. The summed E-state index contributed by atoms with van der Waals surface area (Å²) in [6.45, 7) is 14.1. The Morgan fingerprint density at radius 2 is 1.38 bits per heavy atom. The van der Waals surface area contributed by atoms with Crippen molar-refractivity contribution in [2.24, 2.45) is 45.3 Å². The Morgan fingerprint density at radius 1 is 0.719 bits per heavy atom. The van der Waals surface area contributed by atoms with Crippen LogP contribution >= 0.6 is 0 Å². The third-order valence-electron chi connectivity index (χ3n) is 12.5. The first-order chi connectivity index (χ1) is 14.8. The number of aliphatic hydroxyl groups excluding tert-OH is 2. The molecule has 3 heteroatoms. The molecular weight excluding hydrogens is 396 g/mol. The van der Waals surface area contributed by atoms with Crippen LogP contribution in [0, 0.1) is 45.3 Å². The van der Waals surface area contributed by atoms with Crippen LogP contribution in [-0.2, 0) is 0 Å². The highest BCUT2D eigenvalue weighted by atomic mass is 16.3. The van der Waals surface area contributed by atoms with Gasteiger partial charge in [-0.15, -0.1) is 0 Å². The normalized spacial score (nSPS) is 57.2. The molecule has 10 atom stereocenters.